The second-order valence-electron chi connectivity index (χ2n) is 9.93. The van der Waals surface area contributed by atoms with E-state index in [1.165, 1.54) is 11.3 Å². The van der Waals surface area contributed by atoms with Crippen LogP contribution in [-0.2, 0) is 16.6 Å². The molecule has 0 saturated carbocycles. The van der Waals surface area contributed by atoms with E-state index in [4.69, 9.17) is 0 Å². The standard InChI is InChI=1S/C27H35N3O2.2C2H6/c31-25(22-10-14-30(15-11-22)26(32)18-21-6-2-1-3-7-21)19-29-16-12-27(13-17-29)20-28-24-9-5-4-8-23(24)27;2*1-2/h1-9,22,25,28,31H,10-20H2;2*1-2H3. The Morgan fingerprint density at radius 1 is 0.944 bits per heavy atom. The third kappa shape index (κ3) is 6.68. The van der Waals surface area contributed by atoms with Gasteiger partial charge in [-0.05, 0) is 61.9 Å². The van der Waals surface area contributed by atoms with Crippen LogP contribution in [0, 0.1) is 5.92 Å². The number of likely N-dealkylation sites (tertiary alicyclic amines) is 2. The molecule has 2 aromatic carbocycles. The van der Waals surface area contributed by atoms with Crippen LogP contribution in [0.1, 0.15) is 64.5 Å². The van der Waals surface area contributed by atoms with Crippen molar-refractivity contribution in [2.45, 2.75) is 71.3 Å². The van der Waals surface area contributed by atoms with Crippen molar-refractivity contribution < 1.29 is 9.90 Å². The summed E-state index contributed by atoms with van der Waals surface area (Å²) >= 11 is 0. The van der Waals surface area contributed by atoms with Crippen molar-refractivity contribution >= 4 is 11.6 Å². The molecule has 3 heterocycles. The minimum Gasteiger partial charge on any atom is -0.392 e. The fourth-order valence-electron chi connectivity index (χ4n) is 5.90. The fraction of sp³-hybridized carbons (Fsp3) is 0.581. The van der Waals surface area contributed by atoms with E-state index in [1.54, 1.807) is 0 Å². The number of fused-ring (bicyclic) bond motifs is 2. The van der Waals surface area contributed by atoms with Gasteiger partial charge in [-0.25, -0.2) is 0 Å². The molecule has 1 unspecified atom stereocenters. The molecule has 5 heteroatoms. The van der Waals surface area contributed by atoms with Gasteiger partial charge in [0.1, 0.15) is 0 Å². The quantitative estimate of drug-likeness (QED) is 0.590. The van der Waals surface area contributed by atoms with Crippen molar-refractivity contribution in [2.24, 2.45) is 5.92 Å². The number of anilines is 1. The summed E-state index contributed by atoms with van der Waals surface area (Å²) < 4.78 is 0. The van der Waals surface area contributed by atoms with E-state index in [0.29, 0.717) is 12.3 Å². The average molecular weight is 494 g/mol. The van der Waals surface area contributed by atoms with Crippen molar-refractivity contribution in [3.63, 3.8) is 0 Å². The Bertz CT molecular complexity index is 916. The number of aliphatic hydroxyl groups excluding tert-OH is 1. The first kappa shape index (κ1) is 28.2. The molecule has 3 aliphatic rings. The SMILES string of the molecule is CC.CC.O=C(Cc1ccccc1)N1CCC(C(O)CN2CCC3(CC2)CNc2ccccc23)CC1. The summed E-state index contributed by atoms with van der Waals surface area (Å²) in [4.78, 5) is 17.0. The van der Waals surface area contributed by atoms with Gasteiger partial charge in [0.2, 0.25) is 5.91 Å². The smallest absolute Gasteiger partial charge is 0.226 e. The van der Waals surface area contributed by atoms with Crippen molar-refractivity contribution in [1.29, 1.82) is 0 Å². The van der Waals surface area contributed by atoms with E-state index < -0.39 is 0 Å². The number of nitrogens with one attached hydrogen (secondary N) is 1. The molecule has 36 heavy (non-hydrogen) atoms. The molecule has 0 radical (unpaired) electrons. The third-order valence-corrected chi connectivity index (χ3v) is 8.01. The van der Waals surface area contributed by atoms with Crippen LogP contribution >= 0.6 is 0 Å². The highest BCUT2D eigenvalue weighted by molar-refractivity contribution is 5.78. The lowest BCUT2D eigenvalue weighted by molar-refractivity contribution is -0.132. The number of hydrogen-bond acceptors (Lipinski definition) is 4. The second kappa shape index (κ2) is 13.8. The van der Waals surface area contributed by atoms with Gasteiger partial charge in [0.25, 0.3) is 0 Å². The summed E-state index contributed by atoms with van der Waals surface area (Å²) in [6.45, 7) is 13.4. The van der Waals surface area contributed by atoms with Crippen LogP contribution in [-0.4, -0.2) is 66.2 Å². The molecule has 3 aliphatic heterocycles. The number of para-hydroxylation sites is 1. The number of carbonyl (C=O) groups is 1. The van der Waals surface area contributed by atoms with Crippen molar-refractivity contribution in [2.75, 3.05) is 44.6 Å². The molecule has 198 valence electrons. The largest absolute Gasteiger partial charge is 0.392 e. The van der Waals surface area contributed by atoms with E-state index in [2.05, 4.69) is 34.5 Å². The number of nitrogens with zero attached hydrogens (tertiary/aromatic N) is 2. The first-order valence-corrected chi connectivity index (χ1v) is 14.2. The Labute approximate surface area is 218 Å². The Kier molecular flexibility index (Phi) is 10.8. The van der Waals surface area contributed by atoms with E-state index in [-0.39, 0.29) is 17.4 Å². The van der Waals surface area contributed by atoms with Gasteiger partial charge >= 0.3 is 0 Å². The molecule has 0 bridgehead atoms. The zero-order valence-electron chi connectivity index (χ0n) is 22.9. The van der Waals surface area contributed by atoms with E-state index >= 15 is 0 Å². The number of carbonyl (C=O) groups excluding carboxylic acids is 1. The highest BCUT2D eigenvalue weighted by atomic mass is 16.3. The van der Waals surface area contributed by atoms with Gasteiger partial charge in [0.15, 0.2) is 0 Å². The Balaban J connectivity index is 0.000000861. The zero-order chi connectivity index (χ0) is 26.0. The topological polar surface area (TPSA) is 55.8 Å². The molecule has 1 atom stereocenters. The summed E-state index contributed by atoms with van der Waals surface area (Å²) in [5.74, 6) is 0.497. The number of benzene rings is 2. The van der Waals surface area contributed by atoms with Crippen molar-refractivity contribution in [3.05, 3.63) is 65.7 Å². The molecule has 2 fully saturated rings. The molecule has 5 rings (SSSR count). The minimum absolute atomic E-state index is 0.205. The van der Waals surface area contributed by atoms with Gasteiger partial charge < -0.3 is 20.2 Å². The normalized spacial score (nSPS) is 19.8. The summed E-state index contributed by atoms with van der Waals surface area (Å²) in [5, 5.41) is 14.5. The van der Waals surface area contributed by atoms with Gasteiger partial charge in [-0.1, -0.05) is 76.2 Å². The molecule has 5 nitrogen and oxygen atoms in total. The monoisotopic (exact) mass is 493 g/mol. The summed E-state index contributed by atoms with van der Waals surface area (Å²) in [6.07, 6.45) is 4.27. The van der Waals surface area contributed by atoms with E-state index in [1.807, 2.05) is 62.9 Å². The summed E-state index contributed by atoms with van der Waals surface area (Å²) in [7, 11) is 0. The summed E-state index contributed by atoms with van der Waals surface area (Å²) in [6, 6.07) is 18.7. The second-order valence-corrected chi connectivity index (χ2v) is 9.93. The Morgan fingerprint density at radius 3 is 2.22 bits per heavy atom. The molecule has 2 N–H and O–H groups in total. The maximum atomic E-state index is 12.6. The van der Waals surface area contributed by atoms with E-state index in [9.17, 15) is 9.90 Å². The predicted octanol–water partition coefficient (Wildman–Crippen LogP) is 5.34. The van der Waals surface area contributed by atoms with Crippen LogP contribution in [0.4, 0.5) is 5.69 Å². The molecular weight excluding hydrogens is 446 g/mol. The minimum atomic E-state index is -0.301. The first-order valence-electron chi connectivity index (χ1n) is 14.2. The van der Waals surface area contributed by atoms with Crippen molar-refractivity contribution in [1.82, 2.24) is 9.80 Å². The Morgan fingerprint density at radius 2 is 1.56 bits per heavy atom. The molecule has 1 amide bonds. The fourth-order valence-corrected chi connectivity index (χ4v) is 5.90. The predicted molar refractivity (Wildman–Crippen MR) is 150 cm³/mol. The number of piperidine rings is 2. The van der Waals surface area contributed by atoms with Crippen LogP contribution in [0.5, 0.6) is 0 Å². The van der Waals surface area contributed by atoms with Crippen molar-refractivity contribution in [3.8, 4) is 0 Å². The number of β-amino-alcohol motifs (C(OH)–C–C–N with tert-alkyl or cyclic N) is 1. The molecule has 0 aromatic heterocycles. The van der Waals surface area contributed by atoms with Crippen LogP contribution in [0.15, 0.2) is 54.6 Å². The maximum Gasteiger partial charge on any atom is 0.226 e. The maximum absolute atomic E-state index is 12.6. The number of aliphatic hydroxyl groups is 1. The van der Waals surface area contributed by atoms with Crippen LogP contribution in [0.25, 0.3) is 0 Å². The molecular formula is C31H47N3O2. The third-order valence-electron chi connectivity index (χ3n) is 8.01. The average Bonchev–Trinajstić information content (AvgIpc) is 3.31. The molecule has 1 spiro atoms. The lowest BCUT2D eigenvalue weighted by Crippen LogP contribution is -2.48. The lowest BCUT2D eigenvalue weighted by Gasteiger charge is -2.41. The van der Waals surface area contributed by atoms with Crippen LogP contribution < -0.4 is 5.32 Å². The van der Waals surface area contributed by atoms with Gasteiger partial charge in [-0.3, -0.25) is 4.79 Å². The van der Waals surface area contributed by atoms with Crippen LogP contribution in [0.3, 0.4) is 0 Å². The summed E-state index contributed by atoms with van der Waals surface area (Å²) in [5.41, 5.74) is 4.12. The number of rotatable bonds is 5. The number of amides is 1. The van der Waals surface area contributed by atoms with Crippen LogP contribution in [0.2, 0.25) is 0 Å². The first-order chi connectivity index (χ1) is 17.6. The van der Waals surface area contributed by atoms with E-state index in [0.717, 1.165) is 70.5 Å². The highest BCUT2D eigenvalue weighted by Crippen LogP contribution is 2.43. The van der Waals surface area contributed by atoms with Gasteiger partial charge in [-0.2, -0.15) is 0 Å². The Hall–Kier alpha value is -2.37. The molecule has 2 saturated heterocycles. The van der Waals surface area contributed by atoms with Gasteiger partial charge in [0, 0.05) is 37.3 Å². The van der Waals surface area contributed by atoms with Gasteiger partial charge in [0.05, 0.1) is 12.5 Å². The van der Waals surface area contributed by atoms with Gasteiger partial charge in [-0.15, -0.1) is 0 Å². The zero-order valence-corrected chi connectivity index (χ0v) is 22.9. The molecule has 0 aliphatic carbocycles. The highest BCUT2D eigenvalue weighted by Gasteiger charge is 2.41. The molecule has 2 aromatic rings. The lowest BCUT2D eigenvalue weighted by atomic mass is 9.74. The number of hydrogen-bond donors (Lipinski definition) is 2.